The minimum atomic E-state index is 0. The van der Waals surface area contributed by atoms with E-state index in [-0.39, 0.29) is 36.8 Å². The summed E-state index contributed by atoms with van der Waals surface area (Å²) in [4.78, 5) is 19.6. The Balaban J connectivity index is 0.00000121. The predicted octanol–water partition coefficient (Wildman–Crippen LogP) is 3.77. The van der Waals surface area contributed by atoms with Gasteiger partial charge in [-0.25, -0.2) is 4.98 Å². The maximum Gasteiger partial charge on any atom is 0.254 e. The molecule has 5 nitrogen and oxygen atoms in total. The van der Waals surface area contributed by atoms with Crippen molar-refractivity contribution in [2.45, 2.75) is 12.5 Å². The summed E-state index contributed by atoms with van der Waals surface area (Å²) in [6.45, 7) is 1.80. The lowest BCUT2D eigenvalue weighted by Gasteiger charge is -2.24. The van der Waals surface area contributed by atoms with Crippen LogP contribution in [0.4, 0.5) is 0 Å². The molecular formula is C19H21Cl2N3O2. The summed E-state index contributed by atoms with van der Waals surface area (Å²) in [5.41, 5.74) is 2.15. The second kappa shape index (κ2) is 8.54. The molecule has 0 spiro atoms. The number of nitrogens with one attached hydrogen (secondary N) is 1. The van der Waals surface area contributed by atoms with Gasteiger partial charge >= 0.3 is 0 Å². The number of amides is 1. The minimum Gasteiger partial charge on any atom is -0.463 e. The van der Waals surface area contributed by atoms with Crippen LogP contribution in [0.25, 0.3) is 22.4 Å². The number of furan rings is 1. The van der Waals surface area contributed by atoms with Crippen LogP contribution < -0.4 is 5.32 Å². The van der Waals surface area contributed by atoms with E-state index in [1.165, 1.54) is 0 Å². The van der Waals surface area contributed by atoms with E-state index in [0.717, 1.165) is 30.4 Å². The first-order chi connectivity index (χ1) is 11.7. The van der Waals surface area contributed by atoms with Gasteiger partial charge in [-0.15, -0.1) is 24.8 Å². The smallest absolute Gasteiger partial charge is 0.254 e. The standard InChI is InChI=1S/C19H19N3O2.2ClH/c1-22(13-8-9-20-12-13)19(23)15-11-17(18-7-4-10-24-18)21-16-6-3-2-5-14(15)16;;/h2-7,10-11,13,20H,8-9,12H2,1H3;2*1H. The fourth-order valence-electron chi connectivity index (χ4n) is 3.23. The highest BCUT2D eigenvalue weighted by Crippen LogP contribution is 2.26. The van der Waals surface area contributed by atoms with E-state index in [1.54, 1.807) is 6.26 Å². The van der Waals surface area contributed by atoms with Crippen LogP contribution in [-0.4, -0.2) is 42.0 Å². The van der Waals surface area contributed by atoms with Gasteiger partial charge in [-0.05, 0) is 37.2 Å². The molecular weight excluding hydrogens is 373 g/mol. The Hall–Kier alpha value is -2.08. The van der Waals surface area contributed by atoms with E-state index in [1.807, 2.05) is 54.4 Å². The number of carbonyl (C=O) groups is 1. The van der Waals surface area contributed by atoms with Crippen molar-refractivity contribution >= 4 is 41.6 Å². The van der Waals surface area contributed by atoms with Crippen LogP contribution >= 0.6 is 24.8 Å². The molecule has 1 aliphatic heterocycles. The molecule has 0 bridgehead atoms. The zero-order valence-corrected chi connectivity index (χ0v) is 16.0. The highest BCUT2D eigenvalue weighted by atomic mass is 35.5. The summed E-state index contributed by atoms with van der Waals surface area (Å²) < 4.78 is 5.47. The Kier molecular flexibility index (Phi) is 6.64. The van der Waals surface area contributed by atoms with Crippen molar-refractivity contribution < 1.29 is 9.21 Å². The number of aromatic nitrogens is 1. The van der Waals surface area contributed by atoms with E-state index >= 15 is 0 Å². The first-order valence-electron chi connectivity index (χ1n) is 8.15. The molecule has 3 heterocycles. The molecule has 0 radical (unpaired) electrons. The van der Waals surface area contributed by atoms with Crippen molar-refractivity contribution in [3.8, 4) is 11.5 Å². The molecule has 1 unspecified atom stereocenters. The van der Waals surface area contributed by atoms with Gasteiger partial charge in [0.15, 0.2) is 5.76 Å². The summed E-state index contributed by atoms with van der Waals surface area (Å²) in [6.07, 6.45) is 2.60. The van der Waals surface area contributed by atoms with E-state index in [9.17, 15) is 4.79 Å². The van der Waals surface area contributed by atoms with Crippen molar-refractivity contribution in [1.29, 1.82) is 0 Å². The lowest BCUT2D eigenvalue weighted by atomic mass is 10.0. The van der Waals surface area contributed by atoms with Crippen molar-refractivity contribution in [2.24, 2.45) is 0 Å². The van der Waals surface area contributed by atoms with Crippen molar-refractivity contribution in [3.63, 3.8) is 0 Å². The Morgan fingerprint density at radius 1 is 1.23 bits per heavy atom. The molecule has 4 rings (SSSR count). The molecule has 7 heteroatoms. The number of hydrogen-bond donors (Lipinski definition) is 1. The number of para-hydroxylation sites is 1. The monoisotopic (exact) mass is 393 g/mol. The summed E-state index contributed by atoms with van der Waals surface area (Å²) in [5.74, 6) is 0.690. The van der Waals surface area contributed by atoms with E-state index in [0.29, 0.717) is 17.0 Å². The normalized spacial score (nSPS) is 16.0. The first kappa shape index (κ1) is 20.2. The molecule has 1 fully saturated rings. The fourth-order valence-corrected chi connectivity index (χ4v) is 3.23. The molecule has 3 aromatic rings. The average molecular weight is 394 g/mol. The molecule has 138 valence electrons. The predicted molar refractivity (Wildman–Crippen MR) is 107 cm³/mol. The Morgan fingerprint density at radius 3 is 2.73 bits per heavy atom. The number of fused-ring (bicyclic) bond motifs is 1. The fraction of sp³-hybridized carbons (Fsp3) is 0.263. The molecule has 0 aliphatic carbocycles. The maximum atomic E-state index is 13.1. The third-order valence-corrected chi connectivity index (χ3v) is 4.62. The number of carbonyl (C=O) groups excluding carboxylic acids is 1. The molecule has 1 N–H and O–H groups in total. The van der Waals surface area contributed by atoms with Crippen LogP contribution in [0.3, 0.4) is 0 Å². The second-order valence-corrected chi connectivity index (χ2v) is 6.11. The quantitative estimate of drug-likeness (QED) is 0.735. The number of likely N-dealkylation sites (N-methyl/N-ethyl adjacent to an activating group) is 1. The average Bonchev–Trinajstić information content (AvgIpc) is 3.32. The van der Waals surface area contributed by atoms with Gasteiger partial charge in [-0.3, -0.25) is 4.79 Å². The molecule has 1 amide bonds. The van der Waals surface area contributed by atoms with Gasteiger partial charge in [0.1, 0.15) is 5.69 Å². The molecule has 1 atom stereocenters. The van der Waals surface area contributed by atoms with Crippen LogP contribution in [0.2, 0.25) is 0 Å². The van der Waals surface area contributed by atoms with Gasteiger partial charge in [0, 0.05) is 25.0 Å². The summed E-state index contributed by atoms with van der Waals surface area (Å²) >= 11 is 0. The minimum absolute atomic E-state index is 0. The number of rotatable bonds is 3. The molecule has 1 aromatic carbocycles. The van der Waals surface area contributed by atoms with Crippen molar-refractivity contribution in [1.82, 2.24) is 15.2 Å². The van der Waals surface area contributed by atoms with Crippen molar-refractivity contribution in [3.05, 3.63) is 54.3 Å². The Labute approximate surface area is 164 Å². The molecule has 0 saturated carbocycles. The summed E-state index contributed by atoms with van der Waals surface area (Å²) in [6, 6.07) is 13.5. The summed E-state index contributed by atoms with van der Waals surface area (Å²) in [7, 11) is 1.88. The van der Waals surface area contributed by atoms with Crippen LogP contribution in [0, 0.1) is 0 Å². The highest BCUT2D eigenvalue weighted by molar-refractivity contribution is 6.07. The number of pyridine rings is 1. The number of halogens is 2. The zero-order chi connectivity index (χ0) is 16.5. The van der Waals surface area contributed by atoms with Gasteiger partial charge in [0.25, 0.3) is 5.91 Å². The SMILES string of the molecule is CN(C(=O)c1cc(-c2ccco2)nc2ccccc12)C1CCNC1.Cl.Cl. The van der Waals surface area contributed by atoms with Crippen molar-refractivity contribution in [2.75, 3.05) is 20.1 Å². The van der Waals surface area contributed by atoms with E-state index < -0.39 is 0 Å². The van der Waals surface area contributed by atoms with E-state index in [4.69, 9.17) is 4.42 Å². The zero-order valence-electron chi connectivity index (χ0n) is 14.3. The van der Waals surface area contributed by atoms with Crippen LogP contribution in [0.5, 0.6) is 0 Å². The lowest BCUT2D eigenvalue weighted by Crippen LogP contribution is -2.38. The molecule has 1 aliphatic rings. The van der Waals surface area contributed by atoms with Gasteiger partial charge in [-0.2, -0.15) is 0 Å². The van der Waals surface area contributed by atoms with Crippen LogP contribution in [-0.2, 0) is 0 Å². The van der Waals surface area contributed by atoms with Gasteiger partial charge in [0.2, 0.25) is 0 Å². The molecule has 1 saturated heterocycles. The van der Waals surface area contributed by atoms with Gasteiger partial charge in [-0.1, -0.05) is 18.2 Å². The third kappa shape index (κ3) is 3.70. The maximum absolute atomic E-state index is 13.1. The van der Waals surface area contributed by atoms with E-state index in [2.05, 4.69) is 10.3 Å². The van der Waals surface area contributed by atoms with Gasteiger partial charge in [0.05, 0.1) is 17.3 Å². The lowest BCUT2D eigenvalue weighted by molar-refractivity contribution is 0.0745. The number of hydrogen-bond acceptors (Lipinski definition) is 4. The largest absolute Gasteiger partial charge is 0.463 e. The molecule has 2 aromatic heterocycles. The highest BCUT2D eigenvalue weighted by Gasteiger charge is 2.26. The van der Waals surface area contributed by atoms with Crippen LogP contribution in [0.1, 0.15) is 16.8 Å². The Bertz CT molecular complexity index is 878. The third-order valence-electron chi connectivity index (χ3n) is 4.62. The number of nitrogens with zero attached hydrogens (tertiary/aromatic N) is 2. The van der Waals surface area contributed by atoms with Gasteiger partial charge < -0.3 is 14.6 Å². The number of benzene rings is 1. The first-order valence-corrected chi connectivity index (χ1v) is 8.15. The summed E-state index contributed by atoms with van der Waals surface area (Å²) in [5, 5.41) is 4.18. The molecule has 26 heavy (non-hydrogen) atoms. The second-order valence-electron chi connectivity index (χ2n) is 6.11. The topological polar surface area (TPSA) is 58.4 Å². The van der Waals surface area contributed by atoms with Crippen LogP contribution in [0.15, 0.2) is 53.1 Å². The Morgan fingerprint density at radius 2 is 2.04 bits per heavy atom.